The molecule has 0 atom stereocenters. The summed E-state index contributed by atoms with van der Waals surface area (Å²) >= 11 is 6.66. The van der Waals surface area contributed by atoms with E-state index in [-0.39, 0.29) is 11.0 Å². The Morgan fingerprint density at radius 1 is 1.07 bits per heavy atom. The molecule has 0 fully saturated rings. The van der Waals surface area contributed by atoms with E-state index in [4.69, 9.17) is 21.7 Å². The van der Waals surface area contributed by atoms with Crippen molar-refractivity contribution in [2.24, 2.45) is 0 Å². The smallest absolute Gasteiger partial charge is 0.257 e. The van der Waals surface area contributed by atoms with Crippen LogP contribution in [-0.2, 0) is 0 Å². The molecule has 0 aliphatic carbocycles. The van der Waals surface area contributed by atoms with E-state index in [0.29, 0.717) is 28.1 Å². The van der Waals surface area contributed by atoms with E-state index in [2.05, 4.69) is 29.5 Å². The number of aromatic nitrogens is 1. The summed E-state index contributed by atoms with van der Waals surface area (Å²) in [5.41, 5.74) is 3.38. The topological polar surface area (TPSA) is 72.5 Å². The molecule has 1 aromatic heterocycles. The monoisotopic (exact) mass is 441 g/mol. The van der Waals surface area contributed by atoms with Gasteiger partial charge < -0.3 is 14.8 Å². The summed E-state index contributed by atoms with van der Waals surface area (Å²) in [6.45, 7) is 4.22. The second-order valence-electron chi connectivity index (χ2n) is 6.79. The molecule has 6 nitrogen and oxygen atoms in total. The van der Waals surface area contributed by atoms with Crippen molar-refractivity contribution in [2.45, 2.75) is 19.8 Å². The fourth-order valence-electron chi connectivity index (χ4n) is 2.78. The number of thiazole rings is 1. The van der Waals surface area contributed by atoms with Gasteiger partial charge in [0.1, 0.15) is 0 Å². The zero-order chi connectivity index (χ0) is 21.7. The maximum atomic E-state index is 12.4. The van der Waals surface area contributed by atoms with E-state index in [1.165, 1.54) is 16.9 Å². The molecule has 0 aliphatic rings. The third kappa shape index (κ3) is 5.14. The van der Waals surface area contributed by atoms with Crippen LogP contribution in [0.2, 0.25) is 0 Å². The van der Waals surface area contributed by atoms with E-state index >= 15 is 0 Å². The first-order chi connectivity index (χ1) is 14.4. The Morgan fingerprint density at radius 3 is 2.40 bits per heavy atom. The molecule has 0 spiro atoms. The zero-order valence-corrected chi connectivity index (χ0v) is 18.8. The van der Waals surface area contributed by atoms with Crippen LogP contribution in [0.1, 0.15) is 35.7 Å². The van der Waals surface area contributed by atoms with Crippen molar-refractivity contribution in [3.05, 3.63) is 59.0 Å². The van der Waals surface area contributed by atoms with Gasteiger partial charge in [-0.3, -0.25) is 10.1 Å². The van der Waals surface area contributed by atoms with E-state index in [9.17, 15) is 4.79 Å². The minimum Gasteiger partial charge on any atom is -0.493 e. The lowest BCUT2D eigenvalue weighted by atomic mass is 10.0. The number of hydrogen-bond donors (Lipinski definition) is 2. The number of ether oxygens (including phenoxy) is 2. The molecule has 2 N–H and O–H groups in total. The molecule has 1 amide bonds. The second kappa shape index (κ2) is 9.69. The number of benzene rings is 2. The lowest BCUT2D eigenvalue weighted by Crippen LogP contribution is -2.34. The summed E-state index contributed by atoms with van der Waals surface area (Å²) in [4.78, 5) is 16.9. The lowest BCUT2D eigenvalue weighted by molar-refractivity contribution is 0.0977. The van der Waals surface area contributed by atoms with Crippen LogP contribution in [0, 0.1) is 0 Å². The van der Waals surface area contributed by atoms with E-state index in [1.54, 1.807) is 26.4 Å². The van der Waals surface area contributed by atoms with Crippen LogP contribution < -0.4 is 20.1 Å². The largest absolute Gasteiger partial charge is 0.493 e. The van der Waals surface area contributed by atoms with Gasteiger partial charge in [-0.15, -0.1) is 11.3 Å². The van der Waals surface area contributed by atoms with Gasteiger partial charge >= 0.3 is 0 Å². The Bertz CT molecular complexity index is 1050. The van der Waals surface area contributed by atoms with Crippen molar-refractivity contribution >= 4 is 39.7 Å². The van der Waals surface area contributed by atoms with Crippen molar-refractivity contribution in [3.63, 3.8) is 0 Å². The standard InChI is InChI=1S/C22H23N3O3S2/c1-13(2)14-5-7-15(8-6-14)20(26)24-21(29)25-22-23-17(12-30-22)16-9-10-18(27-3)19(11-16)28-4/h5-13H,1-4H3,(H2,23,24,25,26,29). The van der Waals surface area contributed by atoms with Crippen LogP contribution in [0.25, 0.3) is 11.3 Å². The summed E-state index contributed by atoms with van der Waals surface area (Å²) in [6, 6.07) is 13.1. The predicted molar refractivity (Wildman–Crippen MR) is 125 cm³/mol. The Labute approximate surface area is 185 Å². The van der Waals surface area contributed by atoms with Gasteiger partial charge in [0.05, 0.1) is 19.9 Å². The highest BCUT2D eigenvalue weighted by Crippen LogP contribution is 2.33. The molecular formula is C22H23N3O3S2. The summed E-state index contributed by atoms with van der Waals surface area (Å²) in [5, 5.41) is 8.33. The van der Waals surface area contributed by atoms with Crippen LogP contribution in [0.4, 0.5) is 5.13 Å². The average Bonchev–Trinajstić information content (AvgIpc) is 3.21. The quantitative estimate of drug-likeness (QED) is 0.520. The molecule has 156 valence electrons. The second-order valence-corrected chi connectivity index (χ2v) is 8.06. The van der Waals surface area contributed by atoms with Gasteiger partial charge in [0.2, 0.25) is 0 Å². The highest BCUT2D eigenvalue weighted by Gasteiger charge is 2.12. The number of carbonyl (C=O) groups excluding carboxylic acids is 1. The highest BCUT2D eigenvalue weighted by atomic mass is 32.1. The summed E-state index contributed by atoms with van der Waals surface area (Å²) in [7, 11) is 3.18. The fourth-order valence-corrected chi connectivity index (χ4v) is 3.76. The molecular weight excluding hydrogens is 418 g/mol. The van der Waals surface area contributed by atoms with Gasteiger partial charge in [0.25, 0.3) is 5.91 Å². The van der Waals surface area contributed by atoms with Crippen molar-refractivity contribution in [1.29, 1.82) is 0 Å². The summed E-state index contributed by atoms with van der Waals surface area (Å²) in [6.07, 6.45) is 0. The van der Waals surface area contributed by atoms with Gasteiger partial charge in [0.15, 0.2) is 21.7 Å². The summed E-state index contributed by atoms with van der Waals surface area (Å²) in [5.74, 6) is 1.43. The average molecular weight is 442 g/mol. The van der Waals surface area contributed by atoms with Crippen molar-refractivity contribution in [3.8, 4) is 22.8 Å². The number of anilines is 1. The number of methoxy groups -OCH3 is 2. The number of nitrogens with one attached hydrogen (secondary N) is 2. The van der Waals surface area contributed by atoms with Gasteiger partial charge in [-0.1, -0.05) is 26.0 Å². The molecule has 3 aromatic rings. The minimum atomic E-state index is -0.264. The normalized spacial score (nSPS) is 10.6. The maximum Gasteiger partial charge on any atom is 0.257 e. The Kier molecular flexibility index (Phi) is 7.02. The van der Waals surface area contributed by atoms with Crippen molar-refractivity contribution < 1.29 is 14.3 Å². The van der Waals surface area contributed by atoms with Crippen LogP contribution in [0.5, 0.6) is 11.5 Å². The molecule has 0 saturated heterocycles. The number of hydrogen-bond acceptors (Lipinski definition) is 6. The van der Waals surface area contributed by atoms with Gasteiger partial charge in [-0.25, -0.2) is 4.98 Å². The Morgan fingerprint density at radius 2 is 1.77 bits per heavy atom. The third-order valence-electron chi connectivity index (χ3n) is 4.47. The molecule has 2 aromatic carbocycles. The number of nitrogens with zero attached hydrogens (tertiary/aromatic N) is 1. The summed E-state index contributed by atoms with van der Waals surface area (Å²) < 4.78 is 10.6. The van der Waals surface area contributed by atoms with Gasteiger partial charge in [-0.2, -0.15) is 0 Å². The third-order valence-corrected chi connectivity index (χ3v) is 5.43. The molecule has 1 heterocycles. The number of thiocarbonyl (C=S) groups is 1. The number of amides is 1. The van der Waals surface area contributed by atoms with Crippen LogP contribution in [-0.4, -0.2) is 30.2 Å². The zero-order valence-electron chi connectivity index (χ0n) is 17.2. The molecule has 8 heteroatoms. The van der Waals surface area contributed by atoms with E-state index < -0.39 is 0 Å². The van der Waals surface area contributed by atoms with E-state index in [1.807, 2.05) is 35.7 Å². The molecule has 0 saturated carbocycles. The van der Waals surface area contributed by atoms with E-state index in [0.717, 1.165) is 11.3 Å². The van der Waals surface area contributed by atoms with Gasteiger partial charge in [-0.05, 0) is 54.0 Å². The van der Waals surface area contributed by atoms with Gasteiger partial charge in [0, 0.05) is 16.5 Å². The lowest BCUT2D eigenvalue weighted by Gasteiger charge is -2.09. The Balaban J connectivity index is 1.64. The Hall–Kier alpha value is -2.97. The van der Waals surface area contributed by atoms with Crippen LogP contribution in [0.3, 0.4) is 0 Å². The number of carbonyl (C=O) groups is 1. The first-order valence-electron chi connectivity index (χ1n) is 9.31. The first-order valence-corrected chi connectivity index (χ1v) is 10.6. The predicted octanol–water partition coefficient (Wildman–Crippen LogP) is 5.08. The highest BCUT2D eigenvalue weighted by molar-refractivity contribution is 7.80. The minimum absolute atomic E-state index is 0.196. The molecule has 30 heavy (non-hydrogen) atoms. The van der Waals surface area contributed by atoms with Crippen molar-refractivity contribution in [2.75, 3.05) is 19.5 Å². The van der Waals surface area contributed by atoms with Crippen LogP contribution >= 0.6 is 23.6 Å². The van der Waals surface area contributed by atoms with Crippen LogP contribution in [0.15, 0.2) is 47.8 Å². The molecule has 3 rings (SSSR count). The maximum absolute atomic E-state index is 12.4. The molecule has 0 aliphatic heterocycles. The van der Waals surface area contributed by atoms with Crippen molar-refractivity contribution in [1.82, 2.24) is 10.3 Å². The fraction of sp³-hybridized carbons (Fsp3) is 0.227. The number of rotatable bonds is 6. The molecule has 0 unspecified atom stereocenters. The first kappa shape index (κ1) is 21.7. The molecule has 0 radical (unpaired) electrons. The molecule has 0 bridgehead atoms. The SMILES string of the molecule is COc1ccc(-c2csc(NC(=S)NC(=O)c3ccc(C(C)C)cc3)n2)cc1OC.